The maximum atomic E-state index is 12.4. The van der Waals surface area contributed by atoms with Gasteiger partial charge in [0, 0.05) is 28.4 Å². The molecule has 0 saturated heterocycles. The van der Waals surface area contributed by atoms with Gasteiger partial charge < -0.3 is 10.3 Å². The number of fused-ring (bicyclic) bond motifs is 1. The predicted molar refractivity (Wildman–Crippen MR) is 87.0 cm³/mol. The predicted octanol–water partition coefficient (Wildman–Crippen LogP) is 4.08. The van der Waals surface area contributed by atoms with Crippen molar-refractivity contribution in [2.24, 2.45) is 0 Å². The quantitative estimate of drug-likeness (QED) is 0.706. The monoisotopic (exact) mass is 278 g/mol. The van der Waals surface area contributed by atoms with Gasteiger partial charge >= 0.3 is 0 Å². The van der Waals surface area contributed by atoms with E-state index in [-0.39, 0.29) is 5.78 Å². The molecule has 2 aromatic carbocycles. The lowest BCUT2D eigenvalue weighted by Gasteiger charge is -2.09. The van der Waals surface area contributed by atoms with Crippen molar-refractivity contribution in [3.05, 3.63) is 65.4 Å². The highest BCUT2D eigenvalue weighted by atomic mass is 16.1. The zero-order chi connectivity index (χ0) is 14.8. The first kappa shape index (κ1) is 13.4. The van der Waals surface area contributed by atoms with Gasteiger partial charge in [0.1, 0.15) is 0 Å². The second kappa shape index (κ2) is 5.44. The topological polar surface area (TPSA) is 44.9 Å². The second-order valence-corrected chi connectivity index (χ2v) is 5.34. The van der Waals surface area contributed by atoms with Crippen LogP contribution in [0.1, 0.15) is 21.5 Å². The molecule has 3 nitrogen and oxygen atoms in total. The molecule has 2 N–H and O–H groups in total. The van der Waals surface area contributed by atoms with Gasteiger partial charge in [0.05, 0.1) is 6.54 Å². The zero-order valence-corrected chi connectivity index (χ0v) is 12.2. The van der Waals surface area contributed by atoms with Gasteiger partial charge in [-0.15, -0.1) is 0 Å². The number of carbonyl (C=O) groups is 1. The number of hydrogen-bond acceptors (Lipinski definition) is 2. The molecule has 0 aliphatic carbocycles. The average molecular weight is 278 g/mol. The summed E-state index contributed by atoms with van der Waals surface area (Å²) >= 11 is 0. The fraction of sp³-hybridized carbons (Fsp3) is 0.167. The van der Waals surface area contributed by atoms with Crippen molar-refractivity contribution < 1.29 is 4.79 Å². The molecule has 0 bridgehead atoms. The van der Waals surface area contributed by atoms with Crippen LogP contribution in [-0.4, -0.2) is 17.3 Å². The molecule has 0 saturated carbocycles. The van der Waals surface area contributed by atoms with Crippen molar-refractivity contribution in [2.45, 2.75) is 13.8 Å². The van der Waals surface area contributed by atoms with Crippen LogP contribution in [0.4, 0.5) is 5.69 Å². The number of hydrogen-bond donors (Lipinski definition) is 2. The number of benzene rings is 2. The van der Waals surface area contributed by atoms with Crippen LogP contribution < -0.4 is 5.32 Å². The first-order valence-electron chi connectivity index (χ1n) is 7.05. The third-order valence-corrected chi connectivity index (χ3v) is 3.71. The third kappa shape index (κ3) is 2.68. The summed E-state index contributed by atoms with van der Waals surface area (Å²) in [6.07, 6.45) is 1.79. The normalized spacial score (nSPS) is 10.8. The standard InChI is InChI=1S/C18H18N2O/c1-12-7-8-16(13(2)9-12)20-11-18(21)15-10-19-17-6-4-3-5-14(15)17/h3-10,19-20H,11H2,1-2H3. The van der Waals surface area contributed by atoms with Crippen LogP contribution in [0, 0.1) is 13.8 Å². The smallest absolute Gasteiger partial charge is 0.183 e. The minimum absolute atomic E-state index is 0.0902. The maximum Gasteiger partial charge on any atom is 0.183 e. The van der Waals surface area contributed by atoms with E-state index in [0.717, 1.165) is 27.7 Å². The molecule has 3 rings (SSSR count). The molecule has 0 aliphatic heterocycles. The Morgan fingerprint density at radius 2 is 1.95 bits per heavy atom. The Bertz CT molecular complexity index is 802. The Balaban J connectivity index is 1.77. The van der Waals surface area contributed by atoms with Gasteiger partial charge in [-0.3, -0.25) is 4.79 Å². The van der Waals surface area contributed by atoms with Crippen LogP contribution in [0.3, 0.4) is 0 Å². The largest absolute Gasteiger partial charge is 0.377 e. The molecule has 3 heteroatoms. The number of Topliss-reactive ketones (excluding diaryl/α,β-unsaturated/α-hetero) is 1. The maximum absolute atomic E-state index is 12.4. The summed E-state index contributed by atoms with van der Waals surface area (Å²) in [5.41, 5.74) is 5.12. The Morgan fingerprint density at radius 1 is 1.14 bits per heavy atom. The summed E-state index contributed by atoms with van der Waals surface area (Å²) in [5.74, 6) is 0.0902. The molecule has 106 valence electrons. The lowest BCUT2D eigenvalue weighted by molar-refractivity contribution is 0.101. The van der Waals surface area contributed by atoms with Crippen LogP contribution in [0.15, 0.2) is 48.7 Å². The number of carbonyl (C=O) groups excluding carboxylic acids is 1. The number of aromatic amines is 1. The van der Waals surface area contributed by atoms with Crippen LogP contribution >= 0.6 is 0 Å². The van der Waals surface area contributed by atoms with Crippen molar-refractivity contribution in [2.75, 3.05) is 11.9 Å². The number of rotatable bonds is 4. The molecule has 0 unspecified atom stereocenters. The Hall–Kier alpha value is -2.55. The number of anilines is 1. The number of ketones is 1. The van der Waals surface area contributed by atoms with E-state index in [1.54, 1.807) is 6.20 Å². The highest BCUT2D eigenvalue weighted by Gasteiger charge is 2.11. The fourth-order valence-corrected chi connectivity index (χ4v) is 2.58. The first-order chi connectivity index (χ1) is 10.1. The van der Waals surface area contributed by atoms with Crippen LogP contribution in [0.2, 0.25) is 0 Å². The van der Waals surface area contributed by atoms with E-state index in [9.17, 15) is 4.79 Å². The minimum Gasteiger partial charge on any atom is -0.377 e. The number of aromatic nitrogens is 1. The highest BCUT2D eigenvalue weighted by Crippen LogP contribution is 2.19. The summed E-state index contributed by atoms with van der Waals surface area (Å²) < 4.78 is 0. The molecule has 1 aromatic heterocycles. The van der Waals surface area contributed by atoms with E-state index in [1.807, 2.05) is 43.3 Å². The Labute approximate surface area is 124 Å². The van der Waals surface area contributed by atoms with E-state index >= 15 is 0 Å². The molecule has 3 aromatic rings. The summed E-state index contributed by atoms with van der Waals surface area (Å²) in [4.78, 5) is 15.5. The van der Waals surface area contributed by atoms with Crippen molar-refractivity contribution >= 4 is 22.4 Å². The van der Waals surface area contributed by atoms with E-state index in [1.165, 1.54) is 5.56 Å². The van der Waals surface area contributed by atoms with E-state index in [4.69, 9.17) is 0 Å². The lowest BCUT2D eigenvalue weighted by Crippen LogP contribution is -2.14. The SMILES string of the molecule is Cc1ccc(NCC(=O)c2c[nH]c3ccccc23)c(C)c1. The van der Waals surface area contributed by atoms with E-state index in [2.05, 4.69) is 23.3 Å². The van der Waals surface area contributed by atoms with Crippen molar-refractivity contribution in [3.8, 4) is 0 Å². The van der Waals surface area contributed by atoms with Gasteiger partial charge in [0.15, 0.2) is 5.78 Å². The lowest BCUT2D eigenvalue weighted by atomic mass is 10.1. The molecule has 0 spiro atoms. The number of H-pyrrole nitrogens is 1. The number of para-hydroxylation sites is 1. The van der Waals surface area contributed by atoms with Gasteiger partial charge in [0.2, 0.25) is 0 Å². The van der Waals surface area contributed by atoms with E-state index < -0.39 is 0 Å². The van der Waals surface area contributed by atoms with Crippen LogP contribution in [0.25, 0.3) is 10.9 Å². The molecule has 0 fully saturated rings. The van der Waals surface area contributed by atoms with E-state index in [0.29, 0.717) is 6.54 Å². The van der Waals surface area contributed by atoms with Gasteiger partial charge in [-0.1, -0.05) is 35.9 Å². The van der Waals surface area contributed by atoms with Gasteiger partial charge in [-0.25, -0.2) is 0 Å². The molecular formula is C18H18N2O. The molecule has 21 heavy (non-hydrogen) atoms. The molecule has 0 atom stereocenters. The summed E-state index contributed by atoms with van der Waals surface area (Å²) in [7, 11) is 0. The summed E-state index contributed by atoms with van der Waals surface area (Å²) in [6.45, 7) is 4.41. The van der Waals surface area contributed by atoms with Crippen molar-refractivity contribution in [3.63, 3.8) is 0 Å². The molecule has 1 heterocycles. The summed E-state index contributed by atoms with van der Waals surface area (Å²) in [5, 5.41) is 4.21. The van der Waals surface area contributed by atoms with Crippen LogP contribution in [-0.2, 0) is 0 Å². The average Bonchev–Trinajstić information content (AvgIpc) is 2.90. The molecular weight excluding hydrogens is 260 g/mol. The Kier molecular flexibility index (Phi) is 3.48. The molecule has 0 amide bonds. The number of nitrogens with one attached hydrogen (secondary N) is 2. The summed E-state index contributed by atoms with van der Waals surface area (Å²) in [6, 6.07) is 14.0. The Morgan fingerprint density at radius 3 is 2.76 bits per heavy atom. The van der Waals surface area contributed by atoms with Crippen molar-refractivity contribution in [1.29, 1.82) is 0 Å². The minimum atomic E-state index is 0.0902. The number of aryl methyl sites for hydroxylation is 2. The highest BCUT2D eigenvalue weighted by molar-refractivity contribution is 6.09. The molecule has 0 aliphatic rings. The fourth-order valence-electron chi connectivity index (χ4n) is 2.58. The first-order valence-corrected chi connectivity index (χ1v) is 7.05. The van der Waals surface area contributed by atoms with Crippen LogP contribution in [0.5, 0.6) is 0 Å². The van der Waals surface area contributed by atoms with Gasteiger partial charge in [-0.2, -0.15) is 0 Å². The molecule has 0 radical (unpaired) electrons. The second-order valence-electron chi connectivity index (χ2n) is 5.34. The zero-order valence-electron chi connectivity index (χ0n) is 12.2. The van der Waals surface area contributed by atoms with Gasteiger partial charge in [-0.05, 0) is 31.5 Å². The van der Waals surface area contributed by atoms with Gasteiger partial charge in [0.25, 0.3) is 0 Å². The third-order valence-electron chi connectivity index (χ3n) is 3.71. The van der Waals surface area contributed by atoms with Crippen molar-refractivity contribution in [1.82, 2.24) is 4.98 Å².